The maximum Gasteiger partial charge on any atom is 0.350 e. The Bertz CT molecular complexity index is 894. The van der Waals surface area contributed by atoms with Crippen LogP contribution in [0.3, 0.4) is 0 Å². The highest BCUT2D eigenvalue weighted by Crippen LogP contribution is 2.28. The molecule has 27 heavy (non-hydrogen) atoms. The van der Waals surface area contributed by atoms with E-state index in [4.69, 9.17) is 14.2 Å². The molecular formula is C20H20N2O5. The Labute approximate surface area is 157 Å². The van der Waals surface area contributed by atoms with E-state index in [2.05, 4.69) is 10.3 Å². The SMILES string of the molecule is Cc1ccc(Oc2ccc(NC=C3C(=O)OC(C)(C)OC3=O)cc2C)cn1. The number of hydrogen-bond donors (Lipinski definition) is 1. The number of nitrogens with zero attached hydrogens (tertiary/aromatic N) is 1. The van der Waals surface area contributed by atoms with Gasteiger partial charge in [0, 0.05) is 31.4 Å². The molecule has 0 atom stereocenters. The Kier molecular flexibility index (Phi) is 4.85. The molecule has 0 amide bonds. The first kappa shape index (κ1) is 18.4. The molecule has 1 N–H and O–H groups in total. The normalized spacial score (nSPS) is 15.6. The monoisotopic (exact) mass is 368 g/mol. The number of hydrogen-bond acceptors (Lipinski definition) is 7. The van der Waals surface area contributed by atoms with E-state index in [0.29, 0.717) is 17.2 Å². The van der Waals surface area contributed by atoms with E-state index in [1.807, 2.05) is 32.0 Å². The van der Waals surface area contributed by atoms with Crippen molar-refractivity contribution in [1.82, 2.24) is 4.98 Å². The Morgan fingerprint density at radius 3 is 2.37 bits per heavy atom. The van der Waals surface area contributed by atoms with Crippen molar-refractivity contribution in [1.29, 1.82) is 0 Å². The number of nitrogens with one attached hydrogen (secondary N) is 1. The molecular weight excluding hydrogens is 348 g/mol. The van der Waals surface area contributed by atoms with Crippen molar-refractivity contribution < 1.29 is 23.8 Å². The number of anilines is 1. The van der Waals surface area contributed by atoms with Gasteiger partial charge in [0.2, 0.25) is 0 Å². The van der Waals surface area contributed by atoms with Crippen LogP contribution in [0.5, 0.6) is 11.5 Å². The largest absolute Gasteiger partial charge is 0.455 e. The van der Waals surface area contributed by atoms with E-state index < -0.39 is 17.7 Å². The lowest BCUT2D eigenvalue weighted by molar-refractivity contribution is -0.222. The number of ether oxygens (including phenoxy) is 3. The van der Waals surface area contributed by atoms with Crippen LogP contribution in [0, 0.1) is 13.8 Å². The molecule has 2 heterocycles. The van der Waals surface area contributed by atoms with Gasteiger partial charge in [-0.3, -0.25) is 4.98 Å². The number of aryl methyl sites for hydroxylation is 2. The third kappa shape index (κ3) is 4.44. The maximum atomic E-state index is 11.9. The van der Waals surface area contributed by atoms with Crippen molar-refractivity contribution >= 4 is 17.6 Å². The van der Waals surface area contributed by atoms with Crippen LogP contribution < -0.4 is 10.1 Å². The number of rotatable bonds is 4. The van der Waals surface area contributed by atoms with E-state index >= 15 is 0 Å². The first-order valence-corrected chi connectivity index (χ1v) is 8.38. The molecule has 1 saturated heterocycles. The standard InChI is InChI=1S/C20H20N2O5/c1-12-9-14(6-8-17(12)25-15-7-5-13(2)21-10-15)22-11-16-18(23)26-20(3,4)27-19(16)24/h5-11,22H,1-4H3. The lowest BCUT2D eigenvalue weighted by atomic mass is 10.2. The molecule has 2 aromatic rings. The van der Waals surface area contributed by atoms with Crippen LogP contribution >= 0.6 is 0 Å². The van der Waals surface area contributed by atoms with Crippen LogP contribution in [-0.4, -0.2) is 22.7 Å². The Morgan fingerprint density at radius 2 is 1.78 bits per heavy atom. The zero-order valence-corrected chi connectivity index (χ0v) is 15.5. The van der Waals surface area contributed by atoms with E-state index in [-0.39, 0.29) is 5.57 Å². The van der Waals surface area contributed by atoms with Crippen LogP contribution in [0.2, 0.25) is 0 Å². The summed E-state index contributed by atoms with van der Waals surface area (Å²) in [5, 5.41) is 2.91. The van der Waals surface area contributed by atoms with Crippen LogP contribution in [0.1, 0.15) is 25.1 Å². The van der Waals surface area contributed by atoms with E-state index in [1.165, 1.54) is 20.0 Å². The molecule has 0 radical (unpaired) electrons. The zero-order valence-electron chi connectivity index (χ0n) is 15.5. The number of aromatic nitrogens is 1. The number of esters is 2. The predicted molar refractivity (Wildman–Crippen MR) is 98.2 cm³/mol. The molecule has 1 aliphatic heterocycles. The van der Waals surface area contributed by atoms with Crippen molar-refractivity contribution in [3.05, 3.63) is 59.6 Å². The summed E-state index contributed by atoms with van der Waals surface area (Å²) in [5.41, 5.74) is 2.27. The van der Waals surface area contributed by atoms with Crippen molar-refractivity contribution in [3.8, 4) is 11.5 Å². The van der Waals surface area contributed by atoms with Crippen LogP contribution in [-0.2, 0) is 19.1 Å². The highest BCUT2D eigenvalue weighted by atomic mass is 16.7. The molecule has 1 aromatic carbocycles. The zero-order chi connectivity index (χ0) is 19.6. The van der Waals surface area contributed by atoms with Crippen molar-refractivity contribution in [2.24, 2.45) is 0 Å². The fourth-order valence-corrected chi connectivity index (χ4v) is 2.43. The van der Waals surface area contributed by atoms with Crippen molar-refractivity contribution in [2.45, 2.75) is 33.5 Å². The van der Waals surface area contributed by atoms with Gasteiger partial charge in [0.25, 0.3) is 5.79 Å². The molecule has 0 bridgehead atoms. The number of pyridine rings is 1. The lowest BCUT2D eigenvalue weighted by Crippen LogP contribution is -2.42. The fourth-order valence-electron chi connectivity index (χ4n) is 2.43. The molecule has 1 fully saturated rings. The topological polar surface area (TPSA) is 86.8 Å². The lowest BCUT2D eigenvalue weighted by Gasteiger charge is -2.29. The summed E-state index contributed by atoms with van der Waals surface area (Å²) in [6, 6.07) is 9.11. The molecule has 0 unspecified atom stereocenters. The van der Waals surface area contributed by atoms with Gasteiger partial charge in [0.15, 0.2) is 5.57 Å². The fraction of sp³-hybridized carbons (Fsp3) is 0.250. The van der Waals surface area contributed by atoms with E-state index in [9.17, 15) is 9.59 Å². The van der Waals surface area contributed by atoms with Gasteiger partial charge >= 0.3 is 11.9 Å². The minimum absolute atomic E-state index is 0.196. The van der Waals surface area contributed by atoms with Gasteiger partial charge in [0.05, 0.1) is 6.20 Å². The van der Waals surface area contributed by atoms with Gasteiger partial charge < -0.3 is 19.5 Å². The molecule has 0 spiro atoms. The van der Waals surface area contributed by atoms with E-state index in [1.54, 1.807) is 18.3 Å². The number of carbonyl (C=O) groups is 2. The molecule has 7 nitrogen and oxygen atoms in total. The first-order chi connectivity index (χ1) is 12.7. The Hall–Kier alpha value is -3.35. The van der Waals surface area contributed by atoms with Gasteiger partial charge in [-0.25, -0.2) is 9.59 Å². The average Bonchev–Trinajstić information content (AvgIpc) is 2.57. The maximum absolute atomic E-state index is 11.9. The highest BCUT2D eigenvalue weighted by Gasteiger charge is 2.38. The summed E-state index contributed by atoms with van der Waals surface area (Å²) >= 11 is 0. The summed E-state index contributed by atoms with van der Waals surface area (Å²) in [6.45, 7) is 6.79. The molecule has 0 saturated carbocycles. The third-order valence-electron chi connectivity index (χ3n) is 3.79. The third-order valence-corrected chi connectivity index (χ3v) is 3.79. The summed E-state index contributed by atoms with van der Waals surface area (Å²) in [7, 11) is 0. The molecule has 1 aliphatic rings. The number of cyclic esters (lactones) is 2. The van der Waals surface area contributed by atoms with Crippen LogP contribution in [0.25, 0.3) is 0 Å². The van der Waals surface area contributed by atoms with Gasteiger partial charge in [0.1, 0.15) is 11.5 Å². The summed E-state index contributed by atoms with van der Waals surface area (Å²) in [6.07, 6.45) is 2.94. The molecule has 140 valence electrons. The van der Waals surface area contributed by atoms with Crippen LogP contribution in [0.4, 0.5) is 5.69 Å². The van der Waals surface area contributed by atoms with Gasteiger partial charge in [-0.15, -0.1) is 0 Å². The average molecular weight is 368 g/mol. The smallest absolute Gasteiger partial charge is 0.350 e. The first-order valence-electron chi connectivity index (χ1n) is 8.38. The number of carbonyl (C=O) groups excluding carboxylic acids is 2. The van der Waals surface area contributed by atoms with Gasteiger partial charge in [-0.1, -0.05) is 0 Å². The summed E-state index contributed by atoms with van der Waals surface area (Å²) in [5.74, 6) is -1.40. The second-order valence-electron chi connectivity index (χ2n) is 6.60. The second kappa shape index (κ2) is 7.11. The second-order valence-corrected chi connectivity index (χ2v) is 6.60. The van der Waals surface area contributed by atoms with Crippen molar-refractivity contribution in [3.63, 3.8) is 0 Å². The summed E-state index contributed by atoms with van der Waals surface area (Å²) < 4.78 is 15.9. The highest BCUT2D eigenvalue weighted by molar-refractivity contribution is 6.15. The molecule has 7 heteroatoms. The Morgan fingerprint density at radius 1 is 1.07 bits per heavy atom. The van der Waals surface area contributed by atoms with Gasteiger partial charge in [-0.2, -0.15) is 0 Å². The molecule has 1 aromatic heterocycles. The minimum atomic E-state index is -1.26. The number of benzene rings is 1. The van der Waals surface area contributed by atoms with Crippen molar-refractivity contribution in [2.75, 3.05) is 5.32 Å². The minimum Gasteiger partial charge on any atom is -0.455 e. The van der Waals surface area contributed by atoms with Crippen LogP contribution in [0.15, 0.2) is 48.3 Å². The van der Waals surface area contributed by atoms with Gasteiger partial charge in [-0.05, 0) is 49.7 Å². The predicted octanol–water partition coefficient (Wildman–Crippen LogP) is 3.62. The molecule has 0 aliphatic carbocycles. The van der Waals surface area contributed by atoms with E-state index in [0.717, 1.165) is 11.3 Å². The molecule has 3 rings (SSSR count). The summed E-state index contributed by atoms with van der Waals surface area (Å²) in [4.78, 5) is 28.1. The Balaban J connectivity index is 1.71. The quantitative estimate of drug-likeness (QED) is 0.501.